The van der Waals surface area contributed by atoms with Crippen LogP contribution in [0.15, 0.2) is 24.4 Å². The van der Waals surface area contributed by atoms with Crippen molar-refractivity contribution in [3.05, 3.63) is 53.1 Å². The molecule has 1 aliphatic rings. The fourth-order valence-electron chi connectivity index (χ4n) is 3.32. The van der Waals surface area contributed by atoms with E-state index in [1.807, 2.05) is 18.5 Å². The van der Waals surface area contributed by atoms with E-state index in [1.165, 1.54) is 23.0 Å². The molecule has 2 aromatic heterocycles. The molecule has 1 fully saturated rings. The van der Waals surface area contributed by atoms with E-state index in [4.69, 9.17) is 0 Å². The highest BCUT2D eigenvalue weighted by molar-refractivity contribution is 5.95. The van der Waals surface area contributed by atoms with Gasteiger partial charge in [0.1, 0.15) is 17.5 Å². The van der Waals surface area contributed by atoms with E-state index in [-0.39, 0.29) is 29.2 Å². The van der Waals surface area contributed by atoms with Crippen LogP contribution in [0, 0.1) is 26.6 Å². The number of hydrogen-bond acceptors (Lipinski definition) is 5. The fourth-order valence-corrected chi connectivity index (χ4v) is 3.32. The lowest BCUT2D eigenvalue weighted by Gasteiger charge is -2.38. The van der Waals surface area contributed by atoms with Gasteiger partial charge in [-0.05, 0) is 44.5 Å². The summed E-state index contributed by atoms with van der Waals surface area (Å²) in [5.74, 6) is 0.595. The third-order valence-electron chi connectivity index (χ3n) is 4.71. The zero-order valence-electron chi connectivity index (χ0n) is 15.2. The predicted octanol–water partition coefficient (Wildman–Crippen LogP) is 1.93. The molecule has 140 valence electrons. The van der Waals surface area contributed by atoms with Crippen LogP contribution in [0.3, 0.4) is 0 Å². The summed E-state index contributed by atoms with van der Waals surface area (Å²) < 4.78 is 16.5. The summed E-state index contributed by atoms with van der Waals surface area (Å²) in [5.41, 5.74) is 1.22. The number of aromatic hydroxyl groups is 1. The summed E-state index contributed by atoms with van der Waals surface area (Å²) >= 11 is 0. The molecule has 1 saturated heterocycles. The van der Waals surface area contributed by atoms with E-state index in [9.17, 15) is 14.3 Å². The van der Waals surface area contributed by atoms with Gasteiger partial charge in [-0.2, -0.15) is 10.2 Å². The zero-order chi connectivity index (χ0) is 19.3. The van der Waals surface area contributed by atoms with Crippen LogP contribution in [0.1, 0.15) is 33.7 Å². The molecule has 0 aliphatic carbocycles. The monoisotopic (exact) mass is 370 g/mol. The smallest absolute Gasteiger partial charge is 0.278 e. The maximum absolute atomic E-state index is 13.3. The first-order valence-corrected chi connectivity index (χ1v) is 8.57. The second kappa shape index (κ2) is 6.19. The van der Waals surface area contributed by atoms with E-state index in [1.54, 1.807) is 17.9 Å². The topological polar surface area (TPSA) is 89.1 Å². The van der Waals surface area contributed by atoms with Crippen LogP contribution in [-0.4, -0.2) is 53.5 Å². The molecule has 0 bridgehead atoms. The second-order valence-electron chi connectivity index (χ2n) is 6.75. The van der Waals surface area contributed by atoms with E-state index in [2.05, 4.69) is 15.2 Å². The van der Waals surface area contributed by atoms with Crippen LogP contribution in [-0.2, 0) is 0 Å². The van der Waals surface area contributed by atoms with Gasteiger partial charge in [0.15, 0.2) is 11.4 Å². The molecule has 3 aromatic rings. The fraction of sp³-hybridized carbons (Fsp3) is 0.333. The Labute approximate surface area is 154 Å². The van der Waals surface area contributed by atoms with Crippen LogP contribution >= 0.6 is 0 Å². The first-order valence-electron chi connectivity index (χ1n) is 8.57. The van der Waals surface area contributed by atoms with Crippen molar-refractivity contribution >= 4 is 5.91 Å². The molecule has 0 saturated carbocycles. The summed E-state index contributed by atoms with van der Waals surface area (Å²) in [6.45, 7) is 6.39. The van der Waals surface area contributed by atoms with Crippen LogP contribution < -0.4 is 0 Å². The first kappa shape index (κ1) is 17.2. The van der Waals surface area contributed by atoms with Crippen LogP contribution in [0.5, 0.6) is 5.75 Å². The van der Waals surface area contributed by atoms with E-state index in [0.29, 0.717) is 30.2 Å². The Morgan fingerprint density at radius 2 is 1.96 bits per heavy atom. The summed E-state index contributed by atoms with van der Waals surface area (Å²) in [7, 11) is 0. The number of aromatic nitrogens is 5. The predicted molar refractivity (Wildman–Crippen MR) is 94.4 cm³/mol. The number of benzene rings is 1. The number of halogens is 1. The summed E-state index contributed by atoms with van der Waals surface area (Å²) in [5, 5.41) is 18.7. The molecule has 0 radical (unpaired) electrons. The van der Waals surface area contributed by atoms with Gasteiger partial charge < -0.3 is 10.0 Å². The minimum absolute atomic E-state index is 0.0244. The Balaban J connectivity index is 1.52. The van der Waals surface area contributed by atoms with Gasteiger partial charge in [0.2, 0.25) is 0 Å². The van der Waals surface area contributed by atoms with Gasteiger partial charge >= 0.3 is 0 Å². The molecular formula is C18H19FN6O2. The molecule has 27 heavy (non-hydrogen) atoms. The summed E-state index contributed by atoms with van der Waals surface area (Å²) in [6, 6.07) is 4.31. The molecule has 3 heterocycles. The third kappa shape index (κ3) is 2.94. The minimum Gasteiger partial charge on any atom is -0.504 e. The van der Waals surface area contributed by atoms with Crippen molar-refractivity contribution in [2.45, 2.75) is 26.8 Å². The maximum atomic E-state index is 13.3. The summed E-state index contributed by atoms with van der Waals surface area (Å²) in [6.07, 6.45) is 1.36. The molecule has 4 rings (SSSR count). The molecule has 0 atom stereocenters. The molecule has 9 heteroatoms. The minimum atomic E-state index is -0.353. The lowest BCUT2D eigenvalue weighted by Crippen LogP contribution is -2.51. The van der Waals surface area contributed by atoms with E-state index in [0.717, 1.165) is 5.82 Å². The normalized spacial score (nSPS) is 14.4. The second-order valence-corrected chi connectivity index (χ2v) is 6.75. The Hall–Kier alpha value is -3.23. The average molecular weight is 370 g/mol. The Bertz CT molecular complexity index is 1030. The molecule has 1 aromatic carbocycles. The highest BCUT2D eigenvalue weighted by Gasteiger charge is 2.36. The van der Waals surface area contributed by atoms with Gasteiger partial charge in [0.05, 0.1) is 17.9 Å². The van der Waals surface area contributed by atoms with Crippen molar-refractivity contribution < 1.29 is 14.3 Å². The van der Waals surface area contributed by atoms with Crippen molar-refractivity contribution in [3.8, 4) is 11.4 Å². The van der Waals surface area contributed by atoms with Gasteiger partial charge in [0.25, 0.3) is 5.91 Å². The zero-order valence-corrected chi connectivity index (χ0v) is 15.2. The number of rotatable bonds is 3. The number of aryl methyl sites for hydroxylation is 3. The Morgan fingerprint density at radius 3 is 2.59 bits per heavy atom. The SMILES string of the molecule is Cc1nc(C)n(C2CN(C(=O)c3nn(-c4ccc(F)cc4C)cc3O)C2)n1. The van der Waals surface area contributed by atoms with Gasteiger partial charge in [0, 0.05) is 13.1 Å². The quantitative estimate of drug-likeness (QED) is 0.761. The number of amides is 1. The van der Waals surface area contributed by atoms with Crippen molar-refractivity contribution in [2.75, 3.05) is 13.1 Å². The van der Waals surface area contributed by atoms with Gasteiger partial charge in [-0.15, -0.1) is 0 Å². The van der Waals surface area contributed by atoms with Gasteiger partial charge in [-0.1, -0.05) is 0 Å². The highest BCUT2D eigenvalue weighted by atomic mass is 19.1. The number of carbonyl (C=O) groups excluding carboxylic acids is 1. The molecule has 0 spiro atoms. The number of carbonyl (C=O) groups is 1. The molecule has 0 unspecified atom stereocenters. The first-order chi connectivity index (χ1) is 12.8. The number of likely N-dealkylation sites (tertiary alicyclic amines) is 1. The van der Waals surface area contributed by atoms with Crippen LogP contribution in [0.4, 0.5) is 4.39 Å². The van der Waals surface area contributed by atoms with Crippen LogP contribution in [0.2, 0.25) is 0 Å². The largest absolute Gasteiger partial charge is 0.504 e. The standard InChI is InChI=1S/C18H19FN6O2/c1-10-6-13(19)4-5-15(10)24-9-16(26)17(22-24)18(27)23-7-14(8-23)25-12(3)20-11(2)21-25/h4-6,9,14,26H,7-8H2,1-3H3. The molecule has 8 nitrogen and oxygen atoms in total. The van der Waals surface area contributed by atoms with E-state index >= 15 is 0 Å². The molecule has 1 N–H and O–H groups in total. The Kier molecular flexibility index (Phi) is 3.94. The molecule has 1 amide bonds. The highest BCUT2D eigenvalue weighted by Crippen LogP contribution is 2.27. The molecule has 1 aliphatic heterocycles. The Morgan fingerprint density at radius 1 is 1.22 bits per heavy atom. The van der Waals surface area contributed by atoms with Gasteiger partial charge in [-0.3, -0.25) is 4.79 Å². The average Bonchev–Trinajstić information content (AvgIpc) is 3.08. The number of hydrogen-bond donors (Lipinski definition) is 1. The third-order valence-corrected chi connectivity index (χ3v) is 4.71. The lowest BCUT2D eigenvalue weighted by molar-refractivity contribution is 0.0487. The maximum Gasteiger partial charge on any atom is 0.278 e. The van der Waals surface area contributed by atoms with E-state index < -0.39 is 0 Å². The van der Waals surface area contributed by atoms with Crippen molar-refractivity contribution in [1.82, 2.24) is 29.4 Å². The van der Waals surface area contributed by atoms with Crippen LogP contribution in [0.25, 0.3) is 5.69 Å². The molecular weight excluding hydrogens is 351 g/mol. The van der Waals surface area contributed by atoms with Gasteiger partial charge in [-0.25, -0.2) is 18.7 Å². The summed E-state index contributed by atoms with van der Waals surface area (Å²) in [4.78, 5) is 18.6. The number of nitrogens with zero attached hydrogens (tertiary/aromatic N) is 6. The van der Waals surface area contributed by atoms with Crippen molar-refractivity contribution in [2.24, 2.45) is 0 Å². The lowest BCUT2D eigenvalue weighted by atomic mass is 10.1. The van der Waals surface area contributed by atoms with Crippen molar-refractivity contribution in [1.29, 1.82) is 0 Å². The van der Waals surface area contributed by atoms with Crippen molar-refractivity contribution in [3.63, 3.8) is 0 Å².